The third-order valence-electron chi connectivity index (χ3n) is 2.30. The number of carbonyl (C=O) groups is 1. The molecule has 1 rings (SSSR count). The number of halogens is 3. The lowest BCUT2D eigenvalue weighted by Crippen LogP contribution is -2.31. The molecule has 6 heteroatoms. The van der Waals surface area contributed by atoms with Crippen LogP contribution in [0.15, 0.2) is 24.3 Å². The lowest BCUT2D eigenvalue weighted by molar-refractivity contribution is -0.136. The summed E-state index contributed by atoms with van der Waals surface area (Å²) in [6.45, 7) is 2.15. The lowest BCUT2D eigenvalue weighted by Gasteiger charge is -2.18. The smallest absolute Gasteiger partial charge is 0.328 e. The van der Waals surface area contributed by atoms with Gasteiger partial charge in [0.15, 0.2) is 0 Å². The maximum Gasteiger partial charge on any atom is 0.418 e. The Morgan fingerprint density at radius 1 is 1.35 bits per heavy atom. The topological polar surface area (TPSA) is 32.3 Å². The maximum absolute atomic E-state index is 12.6. The highest BCUT2D eigenvalue weighted by Crippen LogP contribution is 2.34. The molecular weight excluding hydrogens is 233 g/mol. The molecule has 0 aromatic heterocycles. The van der Waals surface area contributed by atoms with E-state index >= 15 is 0 Å². The van der Waals surface area contributed by atoms with Crippen LogP contribution in [0.25, 0.3) is 0 Å². The van der Waals surface area contributed by atoms with Gasteiger partial charge in [-0.25, -0.2) is 4.79 Å². The van der Waals surface area contributed by atoms with Crippen molar-refractivity contribution in [2.75, 3.05) is 18.9 Å². The number of benzene rings is 1. The van der Waals surface area contributed by atoms with Crippen LogP contribution in [0.4, 0.5) is 23.7 Å². The van der Waals surface area contributed by atoms with Crippen molar-refractivity contribution in [3.05, 3.63) is 29.8 Å². The van der Waals surface area contributed by atoms with E-state index in [-0.39, 0.29) is 5.69 Å². The van der Waals surface area contributed by atoms with Gasteiger partial charge in [0.25, 0.3) is 0 Å². The first-order valence-electron chi connectivity index (χ1n) is 5.04. The number of nitrogens with zero attached hydrogens (tertiary/aromatic N) is 1. The molecule has 1 aromatic rings. The number of nitrogens with one attached hydrogen (secondary N) is 1. The zero-order valence-electron chi connectivity index (χ0n) is 9.51. The molecule has 0 radical (unpaired) electrons. The fourth-order valence-electron chi connectivity index (χ4n) is 1.19. The van der Waals surface area contributed by atoms with Crippen molar-refractivity contribution >= 4 is 11.7 Å². The molecular formula is C11H13F3N2O. The Labute approximate surface area is 97.2 Å². The van der Waals surface area contributed by atoms with E-state index in [2.05, 4.69) is 5.32 Å². The summed E-state index contributed by atoms with van der Waals surface area (Å²) in [6.07, 6.45) is -4.48. The molecule has 1 N–H and O–H groups in total. The van der Waals surface area contributed by atoms with Gasteiger partial charge >= 0.3 is 12.2 Å². The summed E-state index contributed by atoms with van der Waals surface area (Å²) in [5.41, 5.74) is -1.08. The van der Waals surface area contributed by atoms with Crippen molar-refractivity contribution in [3.8, 4) is 0 Å². The number of carbonyl (C=O) groups excluding carboxylic acids is 1. The fraction of sp³-hybridized carbons (Fsp3) is 0.364. The van der Waals surface area contributed by atoms with E-state index in [1.807, 2.05) is 0 Å². The molecule has 0 unspecified atom stereocenters. The minimum atomic E-state index is -4.48. The molecule has 0 atom stereocenters. The molecule has 17 heavy (non-hydrogen) atoms. The molecule has 1 aromatic carbocycles. The van der Waals surface area contributed by atoms with Gasteiger partial charge in [0.05, 0.1) is 11.3 Å². The largest absolute Gasteiger partial charge is 0.418 e. The van der Waals surface area contributed by atoms with Gasteiger partial charge in [-0.1, -0.05) is 12.1 Å². The number of rotatable bonds is 2. The Morgan fingerprint density at radius 3 is 2.47 bits per heavy atom. The first-order chi connectivity index (χ1) is 7.86. The highest BCUT2D eigenvalue weighted by Gasteiger charge is 2.33. The Balaban J connectivity index is 2.96. The third-order valence-corrected chi connectivity index (χ3v) is 2.30. The molecule has 0 aliphatic rings. The average molecular weight is 246 g/mol. The first-order valence-corrected chi connectivity index (χ1v) is 5.04. The van der Waals surface area contributed by atoms with Crippen molar-refractivity contribution in [2.45, 2.75) is 13.1 Å². The van der Waals surface area contributed by atoms with Gasteiger partial charge in [0.1, 0.15) is 0 Å². The van der Waals surface area contributed by atoms with Crippen LogP contribution in [0.2, 0.25) is 0 Å². The van der Waals surface area contributed by atoms with E-state index < -0.39 is 17.8 Å². The van der Waals surface area contributed by atoms with Crippen LogP contribution in [0.3, 0.4) is 0 Å². The second kappa shape index (κ2) is 5.07. The predicted octanol–water partition coefficient (Wildman–Crippen LogP) is 3.19. The van der Waals surface area contributed by atoms with Gasteiger partial charge in [-0.15, -0.1) is 0 Å². The number of para-hydroxylation sites is 1. The Hall–Kier alpha value is -1.72. The number of hydrogen-bond acceptors (Lipinski definition) is 1. The Morgan fingerprint density at radius 2 is 1.94 bits per heavy atom. The van der Waals surface area contributed by atoms with Crippen molar-refractivity contribution in [2.24, 2.45) is 0 Å². The molecule has 0 aliphatic carbocycles. The average Bonchev–Trinajstić information content (AvgIpc) is 2.27. The van der Waals surface area contributed by atoms with E-state index in [9.17, 15) is 18.0 Å². The van der Waals surface area contributed by atoms with Crippen LogP contribution in [0, 0.1) is 0 Å². The summed E-state index contributed by atoms with van der Waals surface area (Å²) in [4.78, 5) is 12.8. The van der Waals surface area contributed by atoms with Crippen LogP contribution >= 0.6 is 0 Å². The standard InChI is InChI=1S/C11H13F3N2O/c1-3-16(2)10(17)15-9-7-5-4-6-8(9)11(12,13)14/h4-7H,3H2,1-2H3,(H,15,17). The highest BCUT2D eigenvalue weighted by atomic mass is 19.4. The van der Waals surface area contributed by atoms with Crippen molar-refractivity contribution in [1.82, 2.24) is 4.90 Å². The van der Waals surface area contributed by atoms with Gasteiger partial charge in [0, 0.05) is 13.6 Å². The molecule has 0 saturated heterocycles. The van der Waals surface area contributed by atoms with Crippen LogP contribution in [0.5, 0.6) is 0 Å². The van der Waals surface area contributed by atoms with Gasteiger partial charge in [-0.3, -0.25) is 0 Å². The van der Waals surface area contributed by atoms with E-state index in [4.69, 9.17) is 0 Å². The summed E-state index contributed by atoms with van der Waals surface area (Å²) in [5.74, 6) is 0. The van der Waals surface area contributed by atoms with Crippen molar-refractivity contribution < 1.29 is 18.0 Å². The van der Waals surface area contributed by atoms with Crippen molar-refractivity contribution in [3.63, 3.8) is 0 Å². The summed E-state index contributed by atoms with van der Waals surface area (Å²) < 4.78 is 37.9. The van der Waals surface area contributed by atoms with Crippen LogP contribution in [0.1, 0.15) is 12.5 Å². The van der Waals surface area contributed by atoms with Gasteiger partial charge in [0.2, 0.25) is 0 Å². The lowest BCUT2D eigenvalue weighted by atomic mass is 10.1. The number of alkyl halides is 3. The van der Waals surface area contributed by atoms with Gasteiger partial charge < -0.3 is 10.2 Å². The van der Waals surface area contributed by atoms with Crippen molar-refractivity contribution in [1.29, 1.82) is 0 Å². The van der Waals surface area contributed by atoms with Gasteiger partial charge in [-0.2, -0.15) is 13.2 Å². The molecule has 2 amide bonds. The Kier molecular flexibility index (Phi) is 3.98. The summed E-state index contributed by atoms with van der Waals surface area (Å²) in [7, 11) is 1.51. The normalized spacial score (nSPS) is 11.1. The molecule has 0 saturated carbocycles. The van der Waals surface area contributed by atoms with E-state index in [0.717, 1.165) is 6.07 Å². The molecule has 0 spiro atoms. The SMILES string of the molecule is CCN(C)C(=O)Nc1ccccc1C(F)(F)F. The second-order valence-electron chi connectivity index (χ2n) is 3.49. The zero-order valence-corrected chi connectivity index (χ0v) is 9.51. The summed E-state index contributed by atoms with van der Waals surface area (Å²) in [6, 6.07) is 4.31. The quantitative estimate of drug-likeness (QED) is 0.853. The predicted molar refractivity (Wildman–Crippen MR) is 58.8 cm³/mol. The number of hydrogen-bond donors (Lipinski definition) is 1. The van der Waals surface area contributed by atoms with E-state index in [1.54, 1.807) is 6.92 Å². The van der Waals surface area contributed by atoms with E-state index in [0.29, 0.717) is 6.54 Å². The third kappa shape index (κ3) is 3.37. The van der Waals surface area contributed by atoms with Gasteiger partial charge in [-0.05, 0) is 19.1 Å². The van der Waals surface area contributed by atoms with Crippen LogP contribution < -0.4 is 5.32 Å². The Bertz CT molecular complexity index is 404. The molecule has 0 aliphatic heterocycles. The highest BCUT2D eigenvalue weighted by molar-refractivity contribution is 5.90. The molecule has 3 nitrogen and oxygen atoms in total. The number of anilines is 1. The minimum Gasteiger partial charge on any atom is -0.328 e. The molecule has 0 bridgehead atoms. The fourth-order valence-corrected chi connectivity index (χ4v) is 1.19. The monoisotopic (exact) mass is 246 g/mol. The molecule has 0 fully saturated rings. The summed E-state index contributed by atoms with van der Waals surface area (Å²) in [5, 5.41) is 2.23. The maximum atomic E-state index is 12.6. The first kappa shape index (κ1) is 13.3. The molecule has 0 heterocycles. The molecule has 94 valence electrons. The summed E-state index contributed by atoms with van der Waals surface area (Å²) >= 11 is 0. The zero-order chi connectivity index (χ0) is 13.1. The van der Waals surface area contributed by atoms with Crippen LogP contribution in [-0.4, -0.2) is 24.5 Å². The minimum absolute atomic E-state index is 0.231. The number of urea groups is 1. The van der Waals surface area contributed by atoms with E-state index in [1.165, 1.54) is 30.1 Å². The second-order valence-corrected chi connectivity index (χ2v) is 3.49. The van der Waals surface area contributed by atoms with Crippen LogP contribution in [-0.2, 0) is 6.18 Å². The number of amides is 2.